The molecular formula is C17H22N2O3. The fraction of sp³-hybridized carbons (Fsp3) is 0.529. The molecule has 1 aromatic carbocycles. The van der Waals surface area contributed by atoms with E-state index in [0.29, 0.717) is 25.9 Å². The van der Waals surface area contributed by atoms with Gasteiger partial charge in [-0.25, -0.2) is 0 Å². The van der Waals surface area contributed by atoms with Gasteiger partial charge in [-0.2, -0.15) is 0 Å². The van der Waals surface area contributed by atoms with Gasteiger partial charge in [0.15, 0.2) is 6.61 Å². The average Bonchev–Trinajstić information content (AvgIpc) is 3.00. The van der Waals surface area contributed by atoms with Gasteiger partial charge in [-0.05, 0) is 55.4 Å². The van der Waals surface area contributed by atoms with Crippen LogP contribution in [0.1, 0.15) is 30.4 Å². The topological polar surface area (TPSA) is 72.6 Å². The smallest absolute Gasteiger partial charge is 0.260 e. The number of likely N-dealkylation sites (tertiary alicyclic amines) is 1. The number of carbonyl (C=O) groups is 2. The Kier molecular flexibility index (Phi) is 4.32. The highest BCUT2D eigenvalue weighted by molar-refractivity contribution is 5.79. The van der Waals surface area contributed by atoms with Crippen LogP contribution in [0, 0.1) is 5.92 Å². The highest BCUT2D eigenvalue weighted by Crippen LogP contribution is 2.26. The van der Waals surface area contributed by atoms with Crippen LogP contribution < -0.4 is 10.5 Å². The summed E-state index contributed by atoms with van der Waals surface area (Å²) in [5, 5.41) is 0. The van der Waals surface area contributed by atoms with Gasteiger partial charge in [0.1, 0.15) is 5.75 Å². The summed E-state index contributed by atoms with van der Waals surface area (Å²) >= 11 is 0. The number of primary amides is 1. The molecular weight excluding hydrogens is 280 g/mol. The molecule has 5 nitrogen and oxygen atoms in total. The number of carbonyl (C=O) groups excluding carboxylic acids is 2. The third-order valence-corrected chi connectivity index (χ3v) is 4.68. The summed E-state index contributed by atoms with van der Waals surface area (Å²) in [5.41, 5.74) is 8.04. The number of amides is 2. The summed E-state index contributed by atoms with van der Waals surface area (Å²) in [5.74, 6) is 0.382. The molecule has 0 bridgehead atoms. The molecule has 3 rings (SSSR count). The minimum atomic E-state index is -0.263. The van der Waals surface area contributed by atoms with Crippen molar-refractivity contribution in [1.29, 1.82) is 0 Å². The number of aryl methyl sites for hydroxylation is 2. The number of piperidine rings is 1. The van der Waals surface area contributed by atoms with Gasteiger partial charge >= 0.3 is 0 Å². The van der Waals surface area contributed by atoms with Crippen LogP contribution >= 0.6 is 0 Å². The van der Waals surface area contributed by atoms with E-state index in [0.717, 1.165) is 18.6 Å². The third kappa shape index (κ3) is 3.24. The monoisotopic (exact) mass is 302 g/mol. The van der Waals surface area contributed by atoms with Gasteiger partial charge in [0.05, 0.1) is 0 Å². The van der Waals surface area contributed by atoms with Crippen molar-refractivity contribution in [3.8, 4) is 5.75 Å². The Hall–Kier alpha value is -2.04. The van der Waals surface area contributed by atoms with Crippen LogP contribution in [-0.2, 0) is 22.4 Å². The molecule has 1 aromatic rings. The molecule has 2 amide bonds. The van der Waals surface area contributed by atoms with E-state index in [2.05, 4.69) is 12.1 Å². The van der Waals surface area contributed by atoms with Crippen LogP contribution in [0.2, 0.25) is 0 Å². The van der Waals surface area contributed by atoms with Crippen LogP contribution in [0.25, 0.3) is 0 Å². The molecule has 1 heterocycles. The zero-order valence-electron chi connectivity index (χ0n) is 12.7. The standard InChI is InChI=1S/C17H22N2O3/c18-17(21)13-6-8-19(9-7-13)16(20)11-22-15-5-4-12-2-1-3-14(12)10-15/h4-5,10,13H,1-3,6-9,11H2,(H2,18,21). The van der Waals surface area contributed by atoms with Gasteiger partial charge in [-0.3, -0.25) is 9.59 Å². The predicted molar refractivity (Wildman–Crippen MR) is 82.5 cm³/mol. The fourth-order valence-corrected chi connectivity index (χ4v) is 3.29. The minimum Gasteiger partial charge on any atom is -0.484 e. The number of nitrogens with zero attached hydrogens (tertiary/aromatic N) is 1. The zero-order valence-corrected chi connectivity index (χ0v) is 12.7. The molecule has 1 aliphatic carbocycles. The van der Waals surface area contributed by atoms with Crippen LogP contribution in [0.15, 0.2) is 18.2 Å². The maximum absolute atomic E-state index is 12.2. The quantitative estimate of drug-likeness (QED) is 0.910. The maximum Gasteiger partial charge on any atom is 0.260 e. The maximum atomic E-state index is 12.2. The highest BCUT2D eigenvalue weighted by Gasteiger charge is 2.26. The Morgan fingerprint density at radius 1 is 1.18 bits per heavy atom. The molecule has 1 saturated heterocycles. The second kappa shape index (κ2) is 6.38. The van der Waals surface area contributed by atoms with Crippen molar-refractivity contribution in [2.75, 3.05) is 19.7 Å². The Morgan fingerprint density at radius 2 is 1.91 bits per heavy atom. The van der Waals surface area contributed by atoms with Gasteiger partial charge in [0.25, 0.3) is 5.91 Å². The van der Waals surface area contributed by atoms with Crippen molar-refractivity contribution in [3.63, 3.8) is 0 Å². The summed E-state index contributed by atoms with van der Waals surface area (Å²) in [7, 11) is 0. The van der Waals surface area contributed by atoms with Gasteiger partial charge in [0.2, 0.25) is 5.91 Å². The lowest BCUT2D eigenvalue weighted by Crippen LogP contribution is -2.43. The number of hydrogen-bond donors (Lipinski definition) is 1. The molecule has 1 fully saturated rings. The van der Waals surface area contributed by atoms with Crippen molar-refractivity contribution in [1.82, 2.24) is 4.90 Å². The Labute approximate surface area is 130 Å². The van der Waals surface area contributed by atoms with E-state index in [1.165, 1.54) is 17.5 Å². The van der Waals surface area contributed by atoms with E-state index in [1.54, 1.807) is 4.90 Å². The number of ether oxygens (including phenoxy) is 1. The SMILES string of the molecule is NC(=O)C1CCN(C(=O)COc2ccc3c(c2)CCC3)CC1. The second-order valence-electron chi connectivity index (χ2n) is 6.13. The molecule has 0 atom stereocenters. The third-order valence-electron chi connectivity index (χ3n) is 4.68. The van der Waals surface area contributed by atoms with E-state index >= 15 is 0 Å². The van der Waals surface area contributed by atoms with E-state index < -0.39 is 0 Å². The summed E-state index contributed by atoms with van der Waals surface area (Å²) < 4.78 is 5.64. The molecule has 118 valence electrons. The van der Waals surface area contributed by atoms with Crippen molar-refractivity contribution in [3.05, 3.63) is 29.3 Å². The number of fused-ring (bicyclic) bond motifs is 1. The van der Waals surface area contributed by atoms with Crippen molar-refractivity contribution >= 4 is 11.8 Å². The molecule has 0 saturated carbocycles. The molecule has 0 spiro atoms. The molecule has 22 heavy (non-hydrogen) atoms. The highest BCUT2D eigenvalue weighted by atomic mass is 16.5. The first kappa shape index (κ1) is 14.9. The minimum absolute atomic E-state index is 0.0246. The average molecular weight is 302 g/mol. The molecule has 2 N–H and O–H groups in total. The molecule has 5 heteroatoms. The first-order chi connectivity index (χ1) is 10.6. The first-order valence-corrected chi connectivity index (χ1v) is 7.95. The summed E-state index contributed by atoms with van der Waals surface area (Å²) in [6.45, 7) is 1.22. The lowest BCUT2D eigenvalue weighted by molar-refractivity contribution is -0.136. The number of rotatable bonds is 4. The van der Waals surface area contributed by atoms with E-state index in [-0.39, 0.29) is 24.3 Å². The summed E-state index contributed by atoms with van der Waals surface area (Å²) in [4.78, 5) is 25.1. The van der Waals surface area contributed by atoms with Gasteiger partial charge in [-0.1, -0.05) is 6.07 Å². The lowest BCUT2D eigenvalue weighted by Gasteiger charge is -2.30. The second-order valence-corrected chi connectivity index (χ2v) is 6.13. The van der Waals surface area contributed by atoms with Crippen LogP contribution in [0.3, 0.4) is 0 Å². The first-order valence-electron chi connectivity index (χ1n) is 7.95. The Balaban J connectivity index is 1.49. The van der Waals surface area contributed by atoms with Crippen molar-refractivity contribution < 1.29 is 14.3 Å². The predicted octanol–water partition coefficient (Wildman–Crippen LogP) is 1.28. The molecule has 0 unspecified atom stereocenters. The lowest BCUT2D eigenvalue weighted by atomic mass is 9.96. The number of nitrogens with two attached hydrogens (primary N) is 1. The van der Waals surface area contributed by atoms with Gasteiger partial charge in [0, 0.05) is 19.0 Å². The van der Waals surface area contributed by atoms with E-state index in [9.17, 15) is 9.59 Å². The van der Waals surface area contributed by atoms with Gasteiger partial charge in [-0.15, -0.1) is 0 Å². The Morgan fingerprint density at radius 3 is 2.64 bits per heavy atom. The summed E-state index contributed by atoms with van der Waals surface area (Å²) in [6.07, 6.45) is 4.75. The molecule has 1 aliphatic heterocycles. The van der Waals surface area contributed by atoms with E-state index in [4.69, 9.17) is 10.5 Å². The van der Waals surface area contributed by atoms with Crippen LogP contribution in [0.4, 0.5) is 0 Å². The molecule has 0 aromatic heterocycles. The van der Waals surface area contributed by atoms with Gasteiger partial charge < -0.3 is 15.4 Å². The number of hydrogen-bond acceptors (Lipinski definition) is 3. The molecule has 0 radical (unpaired) electrons. The van der Waals surface area contributed by atoms with E-state index in [1.807, 2.05) is 6.07 Å². The van der Waals surface area contributed by atoms with Crippen LogP contribution in [0.5, 0.6) is 5.75 Å². The van der Waals surface area contributed by atoms with Crippen LogP contribution in [-0.4, -0.2) is 36.4 Å². The largest absolute Gasteiger partial charge is 0.484 e. The normalized spacial score (nSPS) is 18.1. The number of benzene rings is 1. The van der Waals surface area contributed by atoms with Crippen molar-refractivity contribution in [2.24, 2.45) is 11.7 Å². The zero-order chi connectivity index (χ0) is 15.5. The fourth-order valence-electron chi connectivity index (χ4n) is 3.29. The Bertz CT molecular complexity index is 577. The summed E-state index contributed by atoms with van der Waals surface area (Å²) in [6, 6.07) is 6.09. The van der Waals surface area contributed by atoms with Crippen molar-refractivity contribution in [2.45, 2.75) is 32.1 Å². The molecule has 2 aliphatic rings.